The summed E-state index contributed by atoms with van der Waals surface area (Å²) in [6, 6.07) is 19.8. The molecule has 0 radical (unpaired) electrons. The van der Waals surface area contributed by atoms with Crippen LogP contribution in [0.2, 0.25) is 5.02 Å². The van der Waals surface area contributed by atoms with E-state index in [1.807, 2.05) is 35.8 Å². The topological polar surface area (TPSA) is 99.1 Å². The molecule has 1 N–H and O–H groups in total. The van der Waals surface area contributed by atoms with Gasteiger partial charge >= 0.3 is 0 Å². The third-order valence-corrected chi connectivity index (χ3v) is 7.94. The van der Waals surface area contributed by atoms with Gasteiger partial charge in [-0.1, -0.05) is 29.8 Å². The number of amides is 3. The minimum atomic E-state index is -0.378. The van der Waals surface area contributed by atoms with Gasteiger partial charge in [0, 0.05) is 38.9 Å². The fourth-order valence-electron chi connectivity index (χ4n) is 4.77. The summed E-state index contributed by atoms with van der Waals surface area (Å²) in [5.74, 6) is 1.22. The quantitative estimate of drug-likeness (QED) is 0.248. The predicted octanol–water partition coefficient (Wildman–Crippen LogP) is 6.09. The van der Waals surface area contributed by atoms with Crippen LogP contribution in [-0.2, 0) is 16.1 Å². The first-order chi connectivity index (χ1) is 19.9. The molecule has 3 heterocycles. The van der Waals surface area contributed by atoms with Crippen LogP contribution in [0.4, 0.5) is 10.5 Å². The number of carbonyl (C=O) groups excluding carboxylic acids is 3. The summed E-state index contributed by atoms with van der Waals surface area (Å²) in [7, 11) is 0. The highest BCUT2D eigenvalue weighted by Gasteiger charge is 2.35. The molecule has 9 nitrogen and oxygen atoms in total. The van der Waals surface area contributed by atoms with Crippen molar-refractivity contribution in [3.8, 4) is 17.2 Å². The van der Waals surface area contributed by atoms with Crippen molar-refractivity contribution in [2.45, 2.75) is 13.5 Å². The molecule has 0 bridgehead atoms. The van der Waals surface area contributed by atoms with Crippen LogP contribution >= 0.6 is 23.4 Å². The molecule has 4 aromatic rings. The molecule has 2 aliphatic heterocycles. The molecular formula is C30H24ClN3O6S. The SMILES string of the molecule is Cc1c(/C=C2\SC(=O)N(CCOc3ccc(Cl)cc3)C2=O)c2ccccc2n1CC(=O)Nc1ccc2c(c1)OCO2. The first-order valence-electron chi connectivity index (χ1n) is 12.8. The zero-order valence-electron chi connectivity index (χ0n) is 21.9. The highest BCUT2D eigenvalue weighted by molar-refractivity contribution is 8.18. The monoisotopic (exact) mass is 589 g/mol. The number of ether oxygens (including phenoxy) is 3. The molecule has 2 aliphatic rings. The fraction of sp³-hybridized carbons (Fsp3) is 0.167. The van der Waals surface area contributed by atoms with E-state index in [4.69, 9.17) is 25.8 Å². The zero-order valence-corrected chi connectivity index (χ0v) is 23.5. The molecule has 1 saturated heterocycles. The van der Waals surface area contributed by atoms with Gasteiger partial charge in [-0.05, 0) is 67.2 Å². The number of carbonyl (C=O) groups is 3. The smallest absolute Gasteiger partial charge is 0.293 e. The second-order valence-corrected chi connectivity index (χ2v) is 10.8. The summed E-state index contributed by atoms with van der Waals surface area (Å²) >= 11 is 6.79. The Morgan fingerprint density at radius 3 is 2.68 bits per heavy atom. The Labute approximate surface area is 244 Å². The minimum absolute atomic E-state index is 0.0537. The van der Waals surface area contributed by atoms with Gasteiger partial charge in [0.2, 0.25) is 12.7 Å². The van der Waals surface area contributed by atoms with Crippen LogP contribution in [0.5, 0.6) is 17.2 Å². The summed E-state index contributed by atoms with van der Waals surface area (Å²) < 4.78 is 18.3. The lowest BCUT2D eigenvalue weighted by molar-refractivity contribution is -0.123. The van der Waals surface area contributed by atoms with Crippen molar-refractivity contribution in [3.63, 3.8) is 0 Å². The molecule has 41 heavy (non-hydrogen) atoms. The molecule has 1 fully saturated rings. The lowest BCUT2D eigenvalue weighted by Crippen LogP contribution is -2.32. The molecule has 0 atom stereocenters. The lowest BCUT2D eigenvalue weighted by atomic mass is 10.1. The van der Waals surface area contributed by atoms with Crippen molar-refractivity contribution in [1.82, 2.24) is 9.47 Å². The first kappa shape index (κ1) is 26.8. The maximum atomic E-state index is 13.2. The standard InChI is InChI=1S/C30H24ClN3O6S/c1-18-23(15-27-29(36)33(30(37)41-27)12-13-38-21-9-6-19(31)7-10-21)22-4-2-3-5-24(22)34(18)16-28(35)32-20-8-11-25-26(14-20)40-17-39-25/h2-11,14-15H,12-13,16-17H2,1H3,(H,32,35)/b27-15-. The average molecular weight is 590 g/mol. The van der Waals surface area contributed by atoms with Crippen LogP contribution in [0.3, 0.4) is 0 Å². The van der Waals surface area contributed by atoms with E-state index in [9.17, 15) is 14.4 Å². The van der Waals surface area contributed by atoms with E-state index in [1.54, 1.807) is 48.5 Å². The zero-order chi connectivity index (χ0) is 28.5. The van der Waals surface area contributed by atoms with Crippen LogP contribution in [0.1, 0.15) is 11.3 Å². The number of rotatable bonds is 8. The maximum Gasteiger partial charge on any atom is 0.293 e. The molecule has 0 aliphatic carbocycles. The van der Waals surface area contributed by atoms with Gasteiger partial charge in [-0.25, -0.2) is 0 Å². The number of thioether (sulfide) groups is 1. The molecule has 6 rings (SSSR count). The van der Waals surface area contributed by atoms with E-state index < -0.39 is 0 Å². The fourth-order valence-corrected chi connectivity index (χ4v) is 5.74. The van der Waals surface area contributed by atoms with Crippen molar-refractivity contribution < 1.29 is 28.6 Å². The van der Waals surface area contributed by atoms with Gasteiger partial charge in [0.1, 0.15) is 18.9 Å². The summed E-state index contributed by atoms with van der Waals surface area (Å²) in [5.41, 5.74) is 3.01. The summed E-state index contributed by atoms with van der Waals surface area (Å²) in [4.78, 5) is 40.4. The van der Waals surface area contributed by atoms with Crippen molar-refractivity contribution in [2.75, 3.05) is 25.3 Å². The van der Waals surface area contributed by atoms with Crippen LogP contribution in [0, 0.1) is 6.92 Å². The van der Waals surface area contributed by atoms with Crippen molar-refractivity contribution >= 4 is 63.1 Å². The number of halogens is 1. The maximum absolute atomic E-state index is 13.2. The molecule has 0 spiro atoms. The number of nitrogens with one attached hydrogen (secondary N) is 1. The molecule has 0 unspecified atom stereocenters. The Morgan fingerprint density at radius 2 is 1.85 bits per heavy atom. The third kappa shape index (κ3) is 5.48. The van der Waals surface area contributed by atoms with Crippen molar-refractivity contribution in [3.05, 3.63) is 87.9 Å². The number of nitrogens with zero attached hydrogens (tertiary/aromatic N) is 2. The normalized spacial score (nSPS) is 15.3. The number of hydrogen-bond acceptors (Lipinski definition) is 7. The summed E-state index contributed by atoms with van der Waals surface area (Å²) in [5, 5.41) is 4.02. The van der Waals surface area contributed by atoms with Gasteiger partial charge in [-0.15, -0.1) is 0 Å². The van der Waals surface area contributed by atoms with Crippen molar-refractivity contribution in [1.29, 1.82) is 0 Å². The largest absolute Gasteiger partial charge is 0.492 e. The molecule has 208 valence electrons. The van der Waals surface area contributed by atoms with E-state index >= 15 is 0 Å². The lowest BCUT2D eigenvalue weighted by Gasteiger charge is -2.13. The van der Waals surface area contributed by atoms with E-state index in [0.717, 1.165) is 33.9 Å². The molecule has 3 aromatic carbocycles. The van der Waals surface area contributed by atoms with E-state index in [2.05, 4.69) is 5.32 Å². The molecular weight excluding hydrogens is 566 g/mol. The Hall–Kier alpha value is -4.41. The second kappa shape index (κ2) is 11.2. The molecule has 1 aromatic heterocycles. The number of benzene rings is 3. The highest BCUT2D eigenvalue weighted by Crippen LogP contribution is 2.36. The predicted molar refractivity (Wildman–Crippen MR) is 157 cm³/mol. The van der Waals surface area contributed by atoms with Gasteiger partial charge < -0.3 is 24.1 Å². The number of hydrogen-bond donors (Lipinski definition) is 1. The van der Waals surface area contributed by atoms with Crippen LogP contribution in [-0.4, -0.2) is 46.5 Å². The van der Waals surface area contributed by atoms with E-state index in [0.29, 0.717) is 32.9 Å². The van der Waals surface area contributed by atoms with Crippen LogP contribution in [0.15, 0.2) is 71.6 Å². The van der Waals surface area contributed by atoms with E-state index in [1.165, 1.54) is 4.90 Å². The van der Waals surface area contributed by atoms with Gasteiger partial charge in [0.05, 0.1) is 11.4 Å². The molecule has 0 saturated carbocycles. The highest BCUT2D eigenvalue weighted by atomic mass is 35.5. The van der Waals surface area contributed by atoms with Gasteiger partial charge in [0.25, 0.3) is 11.1 Å². The summed E-state index contributed by atoms with van der Waals surface area (Å²) in [6.45, 7) is 2.37. The number of imide groups is 1. The Bertz CT molecular complexity index is 1720. The number of fused-ring (bicyclic) bond motifs is 2. The average Bonchev–Trinajstić information content (AvgIpc) is 3.61. The number of aromatic nitrogens is 1. The van der Waals surface area contributed by atoms with Gasteiger partial charge in [0.15, 0.2) is 11.5 Å². The van der Waals surface area contributed by atoms with Gasteiger partial charge in [-0.3, -0.25) is 19.3 Å². The molecule has 11 heteroatoms. The van der Waals surface area contributed by atoms with Crippen molar-refractivity contribution in [2.24, 2.45) is 0 Å². The second-order valence-electron chi connectivity index (χ2n) is 9.35. The Kier molecular flexibility index (Phi) is 7.34. The third-order valence-electron chi connectivity index (χ3n) is 6.78. The van der Waals surface area contributed by atoms with Crippen LogP contribution < -0.4 is 19.5 Å². The number of anilines is 1. The van der Waals surface area contributed by atoms with Gasteiger partial charge in [-0.2, -0.15) is 0 Å². The number of para-hydroxylation sites is 1. The minimum Gasteiger partial charge on any atom is -0.492 e. The first-order valence-corrected chi connectivity index (χ1v) is 14.0. The summed E-state index contributed by atoms with van der Waals surface area (Å²) in [6.07, 6.45) is 1.73. The molecule has 3 amide bonds. The Morgan fingerprint density at radius 1 is 1.07 bits per heavy atom. The van der Waals surface area contributed by atoms with Crippen LogP contribution in [0.25, 0.3) is 17.0 Å². The Balaban J connectivity index is 1.19. The van der Waals surface area contributed by atoms with E-state index in [-0.39, 0.29) is 43.5 Å².